The van der Waals surface area contributed by atoms with E-state index in [9.17, 15) is 4.79 Å². The number of alkyl halides is 1. The van der Waals surface area contributed by atoms with Gasteiger partial charge < -0.3 is 10.8 Å². The lowest BCUT2D eigenvalue weighted by Crippen LogP contribution is -2.05. The van der Waals surface area contributed by atoms with Gasteiger partial charge in [-0.15, -0.1) is 0 Å². The summed E-state index contributed by atoms with van der Waals surface area (Å²) in [5.41, 5.74) is 6.28. The Kier molecular flexibility index (Phi) is 3.55. The van der Waals surface area contributed by atoms with Gasteiger partial charge in [0.2, 0.25) is 0 Å². The number of carboxylic acid groups (broad SMARTS) is 1. The van der Waals surface area contributed by atoms with Crippen LogP contribution in [0.25, 0.3) is 0 Å². The van der Waals surface area contributed by atoms with Gasteiger partial charge in [0, 0.05) is 11.3 Å². The molecule has 0 radical (unpaired) electrons. The molecule has 0 fully saturated rings. The molecule has 1 rings (SSSR count). The molecule has 3 nitrogen and oxygen atoms in total. The number of halogens is 1. The summed E-state index contributed by atoms with van der Waals surface area (Å²) in [6, 6.07) is 4.86. The van der Waals surface area contributed by atoms with Gasteiger partial charge >= 0.3 is 5.97 Å². The van der Waals surface area contributed by atoms with Crippen molar-refractivity contribution in [3.63, 3.8) is 0 Å². The van der Waals surface area contributed by atoms with E-state index in [1.807, 2.05) is 0 Å². The Hall–Kier alpha value is -1.47. The quantitative estimate of drug-likeness (QED) is 0.455. The van der Waals surface area contributed by atoms with Crippen LogP contribution in [0.2, 0.25) is 0 Å². The summed E-state index contributed by atoms with van der Waals surface area (Å²) in [5, 5.41) is 9.39. The fourth-order valence-corrected chi connectivity index (χ4v) is 1.18. The van der Waals surface area contributed by atoms with E-state index in [-0.39, 0.29) is 11.3 Å². The maximum absolute atomic E-state index is 10.8. The third-order valence-corrected chi connectivity index (χ3v) is 1.88. The molecule has 14 heavy (non-hydrogen) atoms. The lowest BCUT2D eigenvalue weighted by atomic mass is 10.1. The number of carboxylic acids is 1. The Bertz CT molecular complexity index is 418. The van der Waals surface area contributed by atoms with E-state index >= 15 is 0 Å². The molecule has 0 heterocycles. The first-order valence-corrected chi connectivity index (χ1v) is 4.95. The van der Waals surface area contributed by atoms with Crippen molar-refractivity contribution in [3.05, 3.63) is 29.3 Å². The van der Waals surface area contributed by atoms with Crippen LogP contribution < -0.4 is 5.73 Å². The van der Waals surface area contributed by atoms with E-state index in [2.05, 4.69) is 27.8 Å². The molecule has 0 aromatic heterocycles. The van der Waals surface area contributed by atoms with Crippen molar-refractivity contribution in [2.45, 2.75) is 0 Å². The minimum Gasteiger partial charge on any atom is -0.478 e. The van der Waals surface area contributed by atoms with E-state index in [1.54, 1.807) is 18.2 Å². The van der Waals surface area contributed by atoms with Gasteiger partial charge in [-0.25, -0.2) is 4.79 Å². The smallest absolute Gasteiger partial charge is 0.339 e. The standard InChI is InChI=1S/C10H8BrNO2/c11-6-2-4-7-3-1-5-8(12)9(7)10(13)14/h1,3,5H,6,12H2,(H,13,14). The first-order chi connectivity index (χ1) is 6.66. The highest BCUT2D eigenvalue weighted by Gasteiger charge is 2.11. The van der Waals surface area contributed by atoms with Crippen molar-refractivity contribution in [2.75, 3.05) is 11.1 Å². The van der Waals surface area contributed by atoms with Gasteiger partial charge in [-0.3, -0.25) is 0 Å². The van der Waals surface area contributed by atoms with Gasteiger partial charge in [-0.05, 0) is 12.1 Å². The fraction of sp³-hybridized carbons (Fsp3) is 0.100. The molecule has 4 heteroatoms. The Morgan fingerprint density at radius 1 is 1.57 bits per heavy atom. The number of hydrogen-bond donors (Lipinski definition) is 2. The normalized spacial score (nSPS) is 8.93. The average molecular weight is 254 g/mol. The predicted molar refractivity (Wildman–Crippen MR) is 58.5 cm³/mol. The van der Waals surface area contributed by atoms with Gasteiger partial charge in [0.1, 0.15) is 0 Å². The van der Waals surface area contributed by atoms with E-state index in [0.717, 1.165) is 0 Å². The monoisotopic (exact) mass is 253 g/mol. The maximum Gasteiger partial charge on any atom is 0.339 e. The fourth-order valence-electron chi connectivity index (χ4n) is 1.04. The Balaban J connectivity index is 3.28. The lowest BCUT2D eigenvalue weighted by Gasteiger charge is -2.02. The van der Waals surface area contributed by atoms with Crippen LogP contribution in [0.5, 0.6) is 0 Å². The highest BCUT2D eigenvalue weighted by atomic mass is 79.9. The minimum atomic E-state index is -1.05. The second kappa shape index (κ2) is 4.68. The van der Waals surface area contributed by atoms with Crippen molar-refractivity contribution >= 4 is 27.6 Å². The number of carbonyl (C=O) groups is 1. The lowest BCUT2D eigenvalue weighted by molar-refractivity contribution is 0.0698. The molecule has 3 N–H and O–H groups in total. The molecule has 0 saturated heterocycles. The topological polar surface area (TPSA) is 63.3 Å². The highest BCUT2D eigenvalue weighted by molar-refractivity contribution is 9.09. The van der Waals surface area contributed by atoms with Crippen LogP contribution in [0, 0.1) is 11.8 Å². The van der Waals surface area contributed by atoms with Crippen molar-refractivity contribution in [1.29, 1.82) is 0 Å². The van der Waals surface area contributed by atoms with E-state index in [0.29, 0.717) is 10.9 Å². The van der Waals surface area contributed by atoms with Crippen LogP contribution in [0.3, 0.4) is 0 Å². The van der Waals surface area contributed by atoms with Gasteiger partial charge in [-0.2, -0.15) is 0 Å². The number of hydrogen-bond acceptors (Lipinski definition) is 2. The van der Waals surface area contributed by atoms with Crippen LogP contribution in [0.1, 0.15) is 15.9 Å². The number of aromatic carboxylic acids is 1. The van der Waals surface area contributed by atoms with Crippen molar-refractivity contribution in [3.8, 4) is 11.8 Å². The predicted octanol–water partition coefficient (Wildman–Crippen LogP) is 1.71. The molecule has 0 atom stereocenters. The second-order valence-electron chi connectivity index (χ2n) is 2.51. The molecule has 72 valence electrons. The van der Waals surface area contributed by atoms with Crippen LogP contribution >= 0.6 is 15.9 Å². The molecule has 0 amide bonds. The largest absolute Gasteiger partial charge is 0.478 e. The summed E-state index contributed by atoms with van der Waals surface area (Å²) in [6.45, 7) is 0. The summed E-state index contributed by atoms with van der Waals surface area (Å²) >= 11 is 3.13. The zero-order chi connectivity index (χ0) is 10.6. The molecule has 0 spiro atoms. The number of rotatable bonds is 1. The van der Waals surface area contributed by atoms with Gasteiger partial charge in [0.25, 0.3) is 0 Å². The Morgan fingerprint density at radius 3 is 2.86 bits per heavy atom. The Labute approximate surface area is 90.1 Å². The van der Waals surface area contributed by atoms with Crippen LogP contribution in [-0.4, -0.2) is 16.4 Å². The van der Waals surface area contributed by atoms with Crippen LogP contribution in [-0.2, 0) is 0 Å². The van der Waals surface area contributed by atoms with Crippen molar-refractivity contribution < 1.29 is 9.90 Å². The molecular weight excluding hydrogens is 246 g/mol. The van der Waals surface area contributed by atoms with E-state index < -0.39 is 5.97 Å². The maximum atomic E-state index is 10.8. The molecule has 0 unspecified atom stereocenters. The highest BCUT2D eigenvalue weighted by Crippen LogP contribution is 2.15. The number of anilines is 1. The zero-order valence-corrected chi connectivity index (χ0v) is 8.84. The SMILES string of the molecule is Nc1cccc(C#CCBr)c1C(=O)O. The first-order valence-electron chi connectivity index (χ1n) is 3.83. The molecule has 0 aliphatic rings. The van der Waals surface area contributed by atoms with Gasteiger partial charge in [0.05, 0.1) is 10.9 Å². The molecule has 0 aliphatic heterocycles. The Morgan fingerprint density at radius 2 is 2.29 bits per heavy atom. The molecule has 1 aromatic rings. The van der Waals surface area contributed by atoms with Gasteiger partial charge in [0.15, 0.2) is 0 Å². The van der Waals surface area contributed by atoms with Crippen LogP contribution in [0.15, 0.2) is 18.2 Å². The molecule has 0 bridgehead atoms. The van der Waals surface area contributed by atoms with Gasteiger partial charge in [-0.1, -0.05) is 33.8 Å². The molecule has 1 aromatic carbocycles. The zero-order valence-electron chi connectivity index (χ0n) is 7.25. The summed E-state index contributed by atoms with van der Waals surface area (Å²) in [5.74, 6) is 4.41. The summed E-state index contributed by atoms with van der Waals surface area (Å²) in [7, 11) is 0. The third kappa shape index (κ3) is 2.27. The number of nitrogens with two attached hydrogens (primary N) is 1. The average Bonchev–Trinajstić information content (AvgIpc) is 2.14. The number of nitrogen functional groups attached to an aromatic ring is 1. The molecular formula is C10H8BrNO2. The summed E-state index contributed by atoms with van der Waals surface area (Å²) < 4.78 is 0. The molecule has 0 aliphatic carbocycles. The van der Waals surface area contributed by atoms with Crippen molar-refractivity contribution in [1.82, 2.24) is 0 Å². The number of benzene rings is 1. The van der Waals surface area contributed by atoms with E-state index in [4.69, 9.17) is 10.8 Å². The van der Waals surface area contributed by atoms with E-state index in [1.165, 1.54) is 0 Å². The summed E-state index contributed by atoms with van der Waals surface area (Å²) in [6.07, 6.45) is 0. The molecule has 0 saturated carbocycles. The minimum absolute atomic E-state index is 0.0703. The van der Waals surface area contributed by atoms with Crippen molar-refractivity contribution in [2.24, 2.45) is 0 Å². The summed E-state index contributed by atoms with van der Waals surface area (Å²) in [4.78, 5) is 10.8. The van der Waals surface area contributed by atoms with Crippen LogP contribution in [0.4, 0.5) is 5.69 Å². The third-order valence-electron chi connectivity index (χ3n) is 1.60. The first kappa shape index (κ1) is 10.6. The second-order valence-corrected chi connectivity index (χ2v) is 3.07.